The second kappa shape index (κ2) is 5.62. The van der Waals surface area contributed by atoms with E-state index in [1.165, 1.54) is 0 Å². The summed E-state index contributed by atoms with van der Waals surface area (Å²) in [6, 6.07) is -0.243. The van der Waals surface area contributed by atoms with Crippen LogP contribution in [-0.4, -0.2) is 34.3 Å². The number of piperazine rings is 1. The Labute approximate surface area is 128 Å². The van der Waals surface area contributed by atoms with Gasteiger partial charge in [-0.15, -0.1) is 0 Å². The number of carbonyl (C=O) groups excluding carboxylic acids is 2. The minimum Gasteiger partial charge on any atom is -0.340 e. The topological polar surface area (TPSA) is 49.4 Å². The monoisotopic (exact) mass is 294 g/mol. The lowest BCUT2D eigenvalue weighted by molar-refractivity contribution is -0.162. The maximum atomic E-state index is 13.2. The van der Waals surface area contributed by atoms with E-state index in [0.717, 1.165) is 38.5 Å². The summed E-state index contributed by atoms with van der Waals surface area (Å²) < 4.78 is 0. The molecule has 0 aromatic carbocycles. The van der Waals surface area contributed by atoms with Gasteiger partial charge >= 0.3 is 0 Å². The van der Waals surface area contributed by atoms with Crippen molar-refractivity contribution >= 4 is 11.8 Å². The van der Waals surface area contributed by atoms with Gasteiger partial charge < -0.3 is 10.2 Å². The molecule has 0 bridgehead atoms. The highest BCUT2D eigenvalue weighted by Crippen LogP contribution is 2.39. The highest BCUT2D eigenvalue weighted by Gasteiger charge is 2.55. The molecule has 2 unspecified atom stereocenters. The fraction of sp³-hybridized carbons (Fsp3) is 0.882. The lowest BCUT2D eigenvalue weighted by Gasteiger charge is -2.51. The lowest BCUT2D eigenvalue weighted by Crippen LogP contribution is -2.73. The Morgan fingerprint density at radius 1 is 1.29 bits per heavy atom. The predicted molar refractivity (Wildman–Crippen MR) is 83.8 cm³/mol. The third-order valence-electron chi connectivity index (χ3n) is 4.99. The van der Waals surface area contributed by atoms with Crippen LogP contribution in [0.1, 0.15) is 73.1 Å². The van der Waals surface area contributed by atoms with Crippen molar-refractivity contribution in [2.45, 2.75) is 90.8 Å². The Bertz CT molecular complexity index is 419. The van der Waals surface area contributed by atoms with Crippen LogP contribution in [0.15, 0.2) is 0 Å². The molecular weight excluding hydrogens is 264 g/mol. The highest BCUT2D eigenvalue weighted by molar-refractivity contribution is 6.00. The maximum Gasteiger partial charge on any atom is 0.249 e. The van der Waals surface area contributed by atoms with E-state index in [2.05, 4.69) is 19.2 Å². The van der Waals surface area contributed by atoms with Gasteiger partial charge in [0.1, 0.15) is 11.6 Å². The number of rotatable bonds is 3. The van der Waals surface area contributed by atoms with E-state index < -0.39 is 5.54 Å². The summed E-state index contributed by atoms with van der Waals surface area (Å²) >= 11 is 0. The molecule has 1 saturated heterocycles. The molecular formula is C17H30N2O2. The fourth-order valence-corrected chi connectivity index (χ4v) is 3.99. The van der Waals surface area contributed by atoms with Gasteiger partial charge in [-0.3, -0.25) is 9.59 Å². The second-order valence-corrected chi connectivity index (χ2v) is 7.90. The van der Waals surface area contributed by atoms with Gasteiger partial charge in [-0.05, 0) is 31.6 Å². The van der Waals surface area contributed by atoms with Crippen molar-refractivity contribution in [3.8, 4) is 0 Å². The zero-order valence-corrected chi connectivity index (χ0v) is 14.2. The van der Waals surface area contributed by atoms with Gasteiger partial charge in [0, 0.05) is 6.04 Å². The Balaban J connectivity index is 2.39. The Kier molecular flexibility index (Phi) is 4.36. The zero-order valence-electron chi connectivity index (χ0n) is 14.2. The Hall–Kier alpha value is -1.06. The van der Waals surface area contributed by atoms with E-state index in [1.807, 2.05) is 25.7 Å². The molecule has 1 spiro atoms. The molecule has 1 aliphatic carbocycles. The number of nitrogens with one attached hydrogen (secondary N) is 1. The predicted octanol–water partition coefficient (Wildman–Crippen LogP) is 2.86. The van der Waals surface area contributed by atoms with Crippen molar-refractivity contribution in [2.75, 3.05) is 0 Å². The van der Waals surface area contributed by atoms with Gasteiger partial charge in [-0.2, -0.15) is 0 Å². The van der Waals surface area contributed by atoms with Gasteiger partial charge in [0.2, 0.25) is 11.8 Å². The summed E-state index contributed by atoms with van der Waals surface area (Å²) in [6.07, 6.45) is 5.62. The Morgan fingerprint density at radius 2 is 1.86 bits per heavy atom. The summed E-state index contributed by atoms with van der Waals surface area (Å²) in [5, 5.41) is 3.09. The first-order chi connectivity index (χ1) is 9.73. The van der Waals surface area contributed by atoms with Crippen molar-refractivity contribution in [3.05, 3.63) is 0 Å². The minimum absolute atomic E-state index is 0.0342. The van der Waals surface area contributed by atoms with Crippen LogP contribution in [0.5, 0.6) is 0 Å². The number of hydrogen-bond acceptors (Lipinski definition) is 2. The van der Waals surface area contributed by atoms with Crippen molar-refractivity contribution in [1.82, 2.24) is 10.2 Å². The van der Waals surface area contributed by atoms with E-state index in [9.17, 15) is 9.59 Å². The van der Waals surface area contributed by atoms with Crippen LogP contribution in [0.4, 0.5) is 0 Å². The van der Waals surface area contributed by atoms with Crippen LogP contribution in [0.25, 0.3) is 0 Å². The molecule has 0 aromatic heterocycles. The van der Waals surface area contributed by atoms with Gasteiger partial charge in [0.05, 0.1) is 0 Å². The summed E-state index contributed by atoms with van der Waals surface area (Å²) in [7, 11) is 0. The van der Waals surface area contributed by atoms with E-state index in [0.29, 0.717) is 0 Å². The first-order valence-corrected chi connectivity index (χ1v) is 8.38. The highest BCUT2D eigenvalue weighted by atomic mass is 16.2. The summed E-state index contributed by atoms with van der Waals surface area (Å²) in [4.78, 5) is 27.9. The fourth-order valence-electron chi connectivity index (χ4n) is 3.99. The molecule has 1 heterocycles. The number of amides is 2. The first kappa shape index (κ1) is 16.3. The van der Waals surface area contributed by atoms with Crippen molar-refractivity contribution in [1.29, 1.82) is 0 Å². The smallest absolute Gasteiger partial charge is 0.249 e. The molecule has 1 saturated carbocycles. The van der Waals surface area contributed by atoms with Crippen LogP contribution in [-0.2, 0) is 9.59 Å². The first-order valence-electron chi connectivity index (χ1n) is 8.38. The van der Waals surface area contributed by atoms with Gasteiger partial charge in [0.15, 0.2) is 0 Å². The van der Waals surface area contributed by atoms with E-state index >= 15 is 0 Å². The van der Waals surface area contributed by atoms with Crippen molar-refractivity contribution in [3.63, 3.8) is 0 Å². The zero-order chi connectivity index (χ0) is 15.8. The molecule has 2 rings (SSSR count). The minimum atomic E-state index is -0.610. The summed E-state index contributed by atoms with van der Waals surface area (Å²) in [5.74, 6) is 0.187. The van der Waals surface area contributed by atoms with Gasteiger partial charge in [0.25, 0.3) is 0 Å². The van der Waals surface area contributed by atoms with Crippen LogP contribution in [0.2, 0.25) is 0 Å². The third-order valence-corrected chi connectivity index (χ3v) is 4.99. The van der Waals surface area contributed by atoms with Gasteiger partial charge in [-0.25, -0.2) is 0 Å². The summed E-state index contributed by atoms with van der Waals surface area (Å²) in [5.41, 5.74) is -0.858. The van der Waals surface area contributed by atoms with E-state index in [4.69, 9.17) is 0 Å². The van der Waals surface area contributed by atoms with Crippen LogP contribution >= 0.6 is 0 Å². The number of nitrogens with zero attached hydrogens (tertiary/aromatic N) is 1. The summed E-state index contributed by atoms with van der Waals surface area (Å²) in [6.45, 7) is 10.3. The largest absolute Gasteiger partial charge is 0.340 e. The van der Waals surface area contributed by atoms with Gasteiger partial charge in [-0.1, -0.05) is 47.0 Å². The van der Waals surface area contributed by atoms with Crippen LogP contribution < -0.4 is 5.32 Å². The molecule has 0 radical (unpaired) electrons. The molecule has 2 atom stereocenters. The normalized spacial score (nSPS) is 27.1. The molecule has 120 valence electrons. The van der Waals surface area contributed by atoms with E-state index in [-0.39, 0.29) is 29.3 Å². The molecule has 1 aliphatic heterocycles. The molecule has 2 amide bonds. The average molecular weight is 294 g/mol. The molecule has 0 aromatic rings. The number of hydrogen-bond donors (Lipinski definition) is 1. The molecule has 2 fully saturated rings. The van der Waals surface area contributed by atoms with Crippen LogP contribution in [0, 0.1) is 5.41 Å². The third kappa shape index (κ3) is 2.82. The van der Waals surface area contributed by atoms with Crippen LogP contribution in [0.3, 0.4) is 0 Å². The molecule has 4 heteroatoms. The van der Waals surface area contributed by atoms with Crippen molar-refractivity contribution in [2.24, 2.45) is 5.41 Å². The quantitative estimate of drug-likeness (QED) is 0.870. The maximum absolute atomic E-state index is 13.2. The van der Waals surface area contributed by atoms with Crippen molar-refractivity contribution < 1.29 is 9.59 Å². The standard InChI is InChI=1S/C17H30N2O2/c1-6-9-12(2)19-13(16(3,4)5)14(20)18-17(15(19)21)10-7-8-11-17/h12-13H,6-11H2,1-5H3,(H,18,20). The number of carbonyl (C=O) groups is 2. The second-order valence-electron chi connectivity index (χ2n) is 7.90. The molecule has 2 aliphatic rings. The average Bonchev–Trinajstić information content (AvgIpc) is 2.81. The Morgan fingerprint density at radius 3 is 2.33 bits per heavy atom. The molecule has 21 heavy (non-hydrogen) atoms. The lowest BCUT2D eigenvalue weighted by atomic mass is 9.79. The molecule has 1 N–H and O–H groups in total. The van der Waals surface area contributed by atoms with E-state index in [1.54, 1.807) is 0 Å². The SMILES string of the molecule is CCCC(C)N1C(=O)C2(CCCC2)NC(=O)C1C(C)(C)C. The molecule has 4 nitrogen and oxygen atoms in total.